The number of carbonyl (C=O) groups is 4. The molecule has 12 heteroatoms. The van der Waals surface area contributed by atoms with Crippen LogP contribution in [0, 0.1) is 5.92 Å². The Morgan fingerprint density at radius 3 is 2.37 bits per heavy atom. The van der Waals surface area contributed by atoms with Crippen LogP contribution in [0.1, 0.15) is 53.9 Å². The number of amides is 4. The molecule has 0 radical (unpaired) electrons. The van der Waals surface area contributed by atoms with Gasteiger partial charge >= 0.3 is 6.09 Å². The Labute approximate surface area is 204 Å². The van der Waals surface area contributed by atoms with E-state index in [-0.39, 0.29) is 31.0 Å². The minimum Gasteiger partial charge on any atom is -0.444 e. The number of hydrogen-bond donors (Lipinski definition) is 5. The lowest BCUT2D eigenvalue weighted by Gasteiger charge is -2.23. The van der Waals surface area contributed by atoms with Crippen LogP contribution in [-0.2, 0) is 25.7 Å². The standard InChI is InChI=1S/C23H37N5O7/c1-14(2)10-11-25-18(30)13-28-12-6-7-16(21(28)33)26-20(32)15(8-9-17(29)19(24)31)27-22(34)35-23(3,4)5/h6-7,12,14-15,17,29H,8-11,13H2,1-5H3,(H2,24,31)(H,25,30)(H,26,32)(H,27,34)/t15-,17?/m0/s1. The van der Waals surface area contributed by atoms with Gasteiger partial charge in [-0.1, -0.05) is 13.8 Å². The molecule has 0 spiro atoms. The molecule has 196 valence electrons. The van der Waals surface area contributed by atoms with Gasteiger partial charge < -0.3 is 36.1 Å². The molecule has 0 aliphatic heterocycles. The van der Waals surface area contributed by atoms with Gasteiger partial charge in [-0.15, -0.1) is 0 Å². The highest BCUT2D eigenvalue weighted by atomic mass is 16.6. The number of aliphatic hydroxyl groups excluding tert-OH is 1. The van der Waals surface area contributed by atoms with Gasteiger partial charge in [0.25, 0.3) is 5.56 Å². The maximum atomic E-state index is 12.9. The van der Waals surface area contributed by atoms with Gasteiger partial charge in [0.1, 0.15) is 30.0 Å². The van der Waals surface area contributed by atoms with E-state index in [1.807, 2.05) is 13.8 Å². The SMILES string of the molecule is CC(C)CCNC(=O)Cn1cccc(NC(=O)[C@H](CCC(O)C(N)=O)NC(=O)OC(C)(C)C)c1=O. The molecule has 0 saturated heterocycles. The second-order valence-corrected chi connectivity index (χ2v) is 9.57. The zero-order valence-corrected chi connectivity index (χ0v) is 20.9. The molecule has 2 atom stereocenters. The summed E-state index contributed by atoms with van der Waals surface area (Å²) in [6, 6.07) is 1.60. The van der Waals surface area contributed by atoms with Gasteiger partial charge in [-0.05, 0) is 58.1 Å². The van der Waals surface area contributed by atoms with Gasteiger partial charge in [-0.2, -0.15) is 0 Å². The minimum absolute atomic E-state index is 0.112. The van der Waals surface area contributed by atoms with Crippen molar-refractivity contribution in [2.24, 2.45) is 11.7 Å². The first-order valence-corrected chi connectivity index (χ1v) is 11.4. The lowest BCUT2D eigenvalue weighted by molar-refractivity contribution is -0.127. The van der Waals surface area contributed by atoms with Crippen LogP contribution >= 0.6 is 0 Å². The summed E-state index contributed by atoms with van der Waals surface area (Å²) >= 11 is 0. The first kappa shape index (κ1) is 29.6. The van der Waals surface area contributed by atoms with Gasteiger partial charge in [0.2, 0.25) is 17.7 Å². The van der Waals surface area contributed by atoms with E-state index < -0.39 is 41.2 Å². The van der Waals surface area contributed by atoms with E-state index in [4.69, 9.17) is 10.5 Å². The van der Waals surface area contributed by atoms with E-state index in [0.717, 1.165) is 11.0 Å². The molecule has 0 fully saturated rings. The van der Waals surface area contributed by atoms with E-state index in [9.17, 15) is 29.1 Å². The van der Waals surface area contributed by atoms with E-state index in [0.29, 0.717) is 12.5 Å². The van der Waals surface area contributed by atoms with Crippen LogP contribution in [0.4, 0.5) is 10.5 Å². The normalized spacial score (nSPS) is 13.0. The third-order valence-corrected chi connectivity index (χ3v) is 4.70. The fraction of sp³-hybridized carbons (Fsp3) is 0.609. The third kappa shape index (κ3) is 11.5. The van der Waals surface area contributed by atoms with Crippen LogP contribution in [0.25, 0.3) is 0 Å². The maximum Gasteiger partial charge on any atom is 0.408 e. The van der Waals surface area contributed by atoms with Crippen molar-refractivity contribution in [2.45, 2.75) is 78.2 Å². The van der Waals surface area contributed by atoms with Crippen molar-refractivity contribution < 1.29 is 29.0 Å². The van der Waals surface area contributed by atoms with E-state index in [2.05, 4.69) is 16.0 Å². The molecule has 4 amide bonds. The van der Waals surface area contributed by atoms with Crippen LogP contribution in [0.3, 0.4) is 0 Å². The summed E-state index contributed by atoms with van der Waals surface area (Å²) < 4.78 is 6.31. The molecule has 1 heterocycles. The Balaban J connectivity index is 2.95. The Morgan fingerprint density at radius 1 is 1.14 bits per heavy atom. The lowest BCUT2D eigenvalue weighted by atomic mass is 10.1. The van der Waals surface area contributed by atoms with Crippen LogP contribution < -0.4 is 27.2 Å². The highest BCUT2D eigenvalue weighted by Crippen LogP contribution is 2.10. The molecular weight excluding hydrogens is 458 g/mol. The predicted molar refractivity (Wildman–Crippen MR) is 129 cm³/mol. The molecule has 0 aromatic carbocycles. The second-order valence-electron chi connectivity index (χ2n) is 9.57. The average Bonchev–Trinajstić information content (AvgIpc) is 2.71. The Hall–Kier alpha value is -3.41. The Bertz CT molecular complexity index is 952. The van der Waals surface area contributed by atoms with E-state index in [1.54, 1.807) is 20.8 Å². The molecule has 1 aromatic rings. The number of aliphatic hydroxyl groups is 1. The number of nitrogens with zero attached hydrogens (tertiary/aromatic N) is 1. The quantitative estimate of drug-likeness (QED) is 0.279. The number of ether oxygens (including phenoxy) is 1. The summed E-state index contributed by atoms with van der Waals surface area (Å²) in [6.07, 6.45) is -0.566. The molecule has 1 rings (SSSR count). The molecule has 1 unspecified atom stereocenters. The number of aromatic nitrogens is 1. The summed E-state index contributed by atoms with van der Waals surface area (Å²) in [5.41, 5.74) is 3.49. The van der Waals surface area contributed by atoms with Crippen LogP contribution in [0.5, 0.6) is 0 Å². The minimum atomic E-state index is -1.52. The summed E-state index contributed by atoms with van der Waals surface area (Å²) in [7, 11) is 0. The summed E-state index contributed by atoms with van der Waals surface area (Å²) in [5, 5.41) is 17.2. The summed E-state index contributed by atoms with van der Waals surface area (Å²) in [6.45, 7) is 9.24. The average molecular weight is 496 g/mol. The van der Waals surface area contributed by atoms with Crippen molar-refractivity contribution in [3.63, 3.8) is 0 Å². The second kappa shape index (κ2) is 13.5. The Morgan fingerprint density at radius 2 is 1.80 bits per heavy atom. The maximum absolute atomic E-state index is 12.9. The molecule has 0 bridgehead atoms. The van der Waals surface area contributed by atoms with Crippen molar-refractivity contribution in [1.29, 1.82) is 0 Å². The first-order chi connectivity index (χ1) is 16.2. The van der Waals surface area contributed by atoms with Gasteiger partial charge in [-0.3, -0.25) is 19.2 Å². The van der Waals surface area contributed by atoms with Gasteiger partial charge in [0.15, 0.2) is 0 Å². The number of alkyl carbamates (subject to hydrolysis) is 1. The largest absolute Gasteiger partial charge is 0.444 e. The predicted octanol–water partition coefficient (Wildman–Crippen LogP) is 0.469. The van der Waals surface area contributed by atoms with E-state index >= 15 is 0 Å². The number of carbonyl (C=O) groups excluding carboxylic acids is 4. The summed E-state index contributed by atoms with van der Waals surface area (Å²) in [5.74, 6) is -1.67. The Kier molecular flexibility index (Phi) is 11.4. The zero-order valence-electron chi connectivity index (χ0n) is 20.9. The topological polar surface area (TPSA) is 182 Å². The van der Waals surface area contributed by atoms with Gasteiger partial charge in [0.05, 0.1) is 0 Å². The number of rotatable bonds is 12. The number of anilines is 1. The fourth-order valence-corrected chi connectivity index (χ4v) is 2.87. The molecular formula is C23H37N5O7. The molecule has 0 saturated carbocycles. The lowest BCUT2D eigenvalue weighted by Crippen LogP contribution is -2.47. The highest BCUT2D eigenvalue weighted by molar-refractivity contribution is 5.96. The molecule has 0 aliphatic carbocycles. The van der Waals surface area contributed by atoms with Crippen molar-refractivity contribution in [3.05, 3.63) is 28.7 Å². The zero-order chi connectivity index (χ0) is 26.8. The monoisotopic (exact) mass is 495 g/mol. The molecule has 0 aliphatic rings. The number of nitrogens with one attached hydrogen (secondary N) is 3. The summed E-state index contributed by atoms with van der Waals surface area (Å²) in [4.78, 5) is 61.1. The smallest absolute Gasteiger partial charge is 0.408 e. The van der Waals surface area contributed by atoms with Crippen LogP contribution in [0.2, 0.25) is 0 Å². The number of primary amides is 1. The van der Waals surface area contributed by atoms with E-state index in [1.165, 1.54) is 18.3 Å². The van der Waals surface area contributed by atoms with Gasteiger partial charge in [0, 0.05) is 12.7 Å². The van der Waals surface area contributed by atoms with Crippen molar-refractivity contribution in [3.8, 4) is 0 Å². The number of nitrogens with two attached hydrogens (primary N) is 1. The highest BCUT2D eigenvalue weighted by Gasteiger charge is 2.26. The number of pyridine rings is 1. The van der Waals surface area contributed by atoms with Crippen molar-refractivity contribution in [2.75, 3.05) is 11.9 Å². The van der Waals surface area contributed by atoms with Crippen LogP contribution in [0.15, 0.2) is 23.1 Å². The first-order valence-electron chi connectivity index (χ1n) is 11.4. The molecule has 6 N–H and O–H groups in total. The third-order valence-electron chi connectivity index (χ3n) is 4.70. The number of hydrogen-bond acceptors (Lipinski definition) is 7. The fourth-order valence-electron chi connectivity index (χ4n) is 2.87. The molecule has 12 nitrogen and oxygen atoms in total. The molecule has 1 aromatic heterocycles. The van der Waals surface area contributed by atoms with Crippen molar-refractivity contribution >= 4 is 29.5 Å². The van der Waals surface area contributed by atoms with Crippen molar-refractivity contribution in [1.82, 2.24) is 15.2 Å². The van der Waals surface area contributed by atoms with Gasteiger partial charge in [-0.25, -0.2) is 4.79 Å². The molecule has 35 heavy (non-hydrogen) atoms. The van der Waals surface area contributed by atoms with Crippen LogP contribution in [-0.4, -0.2) is 57.8 Å².